The summed E-state index contributed by atoms with van der Waals surface area (Å²) in [6.45, 7) is -2.96. The minimum Gasteiger partial charge on any atom is -0.434 e. The lowest BCUT2D eigenvalue weighted by atomic mass is 10.2. The summed E-state index contributed by atoms with van der Waals surface area (Å²) in [5.74, 6) is -0.879. The Labute approximate surface area is 101 Å². The maximum Gasteiger partial charge on any atom is 0.387 e. The third-order valence-electron chi connectivity index (χ3n) is 1.49. The molecule has 0 bridgehead atoms. The molecular weight excluding hydrogens is 340 g/mol. The molecule has 82 valence electrons. The Kier molecular flexibility index (Phi) is 4.04. The van der Waals surface area contributed by atoms with Gasteiger partial charge in [-0.1, -0.05) is 15.9 Å². The molecule has 1 aromatic carbocycles. The molecule has 0 saturated heterocycles. The van der Waals surface area contributed by atoms with E-state index in [4.69, 9.17) is 5.73 Å². The van der Waals surface area contributed by atoms with Crippen LogP contribution >= 0.6 is 31.9 Å². The van der Waals surface area contributed by atoms with Gasteiger partial charge in [-0.2, -0.15) is 8.78 Å². The average Bonchev–Trinajstić information content (AvgIpc) is 2.09. The minimum absolute atomic E-state index is 0.0695. The van der Waals surface area contributed by atoms with Crippen molar-refractivity contribution in [2.75, 3.05) is 0 Å². The third-order valence-corrected chi connectivity index (χ3v) is 2.76. The molecule has 1 amide bonds. The summed E-state index contributed by atoms with van der Waals surface area (Å²) in [6.07, 6.45) is 0. The molecular formula is C8H5Br2F2NO2. The van der Waals surface area contributed by atoms with Crippen LogP contribution in [0.15, 0.2) is 21.1 Å². The number of ether oxygens (including phenoxy) is 1. The summed E-state index contributed by atoms with van der Waals surface area (Å²) in [4.78, 5) is 10.9. The van der Waals surface area contributed by atoms with Crippen molar-refractivity contribution < 1.29 is 18.3 Å². The largest absolute Gasteiger partial charge is 0.434 e. The van der Waals surface area contributed by atoms with E-state index in [2.05, 4.69) is 36.6 Å². The molecule has 3 nitrogen and oxygen atoms in total. The van der Waals surface area contributed by atoms with Gasteiger partial charge >= 0.3 is 6.61 Å². The molecule has 0 saturated carbocycles. The number of nitrogens with two attached hydrogens (primary N) is 1. The van der Waals surface area contributed by atoms with Crippen LogP contribution in [0, 0.1) is 0 Å². The fraction of sp³-hybridized carbons (Fsp3) is 0.125. The Bertz CT molecular complexity index is 398. The monoisotopic (exact) mass is 343 g/mol. The van der Waals surface area contributed by atoms with Crippen molar-refractivity contribution in [2.45, 2.75) is 6.61 Å². The molecule has 0 radical (unpaired) electrons. The molecule has 0 aromatic heterocycles. The number of benzene rings is 1. The lowest BCUT2D eigenvalue weighted by molar-refractivity contribution is -0.0504. The highest BCUT2D eigenvalue weighted by atomic mass is 79.9. The van der Waals surface area contributed by atoms with Crippen LogP contribution in [0.3, 0.4) is 0 Å². The first-order valence-electron chi connectivity index (χ1n) is 3.65. The van der Waals surface area contributed by atoms with Crippen molar-refractivity contribution in [3.63, 3.8) is 0 Å². The van der Waals surface area contributed by atoms with Crippen LogP contribution in [0.4, 0.5) is 8.78 Å². The zero-order valence-corrected chi connectivity index (χ0v) is 10.3. The predicted octanol–water partition coefficient (Wildman–Crippen LogP) is 2.91. The first-order chi connectivity index (χ1) is 6.91. The quantitative estimate of drug-likeness (QED) is 0.916. The molecule has 0 aliphatic heterocycles. The normalized spacial score (nSPS) is 10.5. The number of carbonyl (C=O) groups is 1. The SMILES string of the molecule is NC(=O)c1cc(Br)cc(OC(F)F)c1Br. The molecule has 2 N–H and O–H groups in total. The molecule has 1 aromatic rings. The van der Waals surface area contributed by atoms with Crippen LogP contribution in [0.25, 0.3) is 0 Å². The number of alkyl halides is 2. The van der Waals surface area contributed by atoms with Crippen molar-refractivity contribution >= 4 is 37.8 Å². The number of carbonyl (C=O) groups excluding carboxylic acids is 1. The Balaban J connectivity index is 3.22. The molecule has 0 aliphatic carbocycles. The highest BCUT2D eigenvalue weighted by Gasteiger charge is 2.15. The molecule has 0 spiro atoms. The van der Waals surface area contributed by atoms with E-state index in [-0.39, 0.29) is 15.8 Å². The first-order valence-corrected chi connectivity index (χ1v) is 5.24. The Morgan fingerprint density at radius 3 is 2.47 bits per heavy atom. The maximum atomic E-state index is 12.0. The fourth-order valence-electron chi connectivity index (χ4n) is 0.925. The van der Waals surface area contributed by atoms with E-state index in [1.165, 1.54) is 12.1 Å². The van der Waals surface area contributed by atoms with Crippen molar-refractivity contribution in [1.29, 1.82) is 0 Å². The molecule has 0 fully saturated rings. The highest BCUT2D eigenvalue weighted by Crippen LogP contribution is 2.33. The third kappa shape index (κ3) is 3.13. The number of hydrogen-bond acceptors (Lipinski definition) is 2. The summed E-state index contributed by atoms with van der Waals surface area (Å²) in [7, 11) is 0. The van der Waals surface area contributed by atoms with Gasteiger partial charge in [0.1, 0.15) is 5.75 Å². The lowest BCUT2D eigenvalue weighted by Crippen LogP contribution is -2.13. The fourth-order valence-corrected chi connectivity index (χ4v) is 1.88. The average molecular weight is 345 g/mol. The van der Waals surface area contributed by atoms with Gasteiger partial charge in [0.15, 0.2) is 0 Å². The first kappa shape index (κ1) is 12.4. The zero-order chi connectivity index (χ0) is 11.6. The van der Waals surface area contributed by atoms with Crippen LogP contribution < -0.4 is 10.5 Å². The standard InChI is InChI=1S/C8H5Br2F2NO2/c9-3-1-4(7(13)14)6(10)5(2-3)15-8(11)12/h1-2,8H,(H2,13,14). The maximum absolute atomic E-state index is 12.0. The van der Waals surface area contributed by atoms with E-state index in [9.17, 15) is 13.6 Å². The highest BCUT2D eigenvalue weighted by molar-refractivity contribution is 9.11. The summed E-state index contributed by atoms with van der Waals surface area (Å²) in [5, 5.41) is 0. The number of rotatable bonds is 3. The number of halogens is 4. The molecule has 0 unspecified atom stereocenters. The van der Waals surface area contributed by atoms with Gasteiger partial charge in [0.2, 0.25) is 5.91 Å². The molecule has 0 heterocycles. The Hall–Kier alpha value is -0.690. The number of hydrogen-bond donors (Lipinski definition) is 1. The van der Waals surface area contributed by atoms with E-state index in [1.807, 2.05) is 0 Å². The van der Waals surface area contributed by atoms with E-state index in [1.54, 1.807) is 0 Å². The van der Waals surface area contributed by atoms with Crippen molar-refractivity contribution in [3.05, 3.63) is 26.6 Å². The summed E-state index contributed by atoms with van der Waals surface area (Å²) in [5.41, 5.74) is 5.12. The van der Waals surface area contributed by atoms with Gasteiger partial charge < -0.3 is 10.5 Å². The smallest absolute Gasteiger partial charge is 0.387 e. The summed E-state index contributed by atoms with van der Waals surface area (Å²) < 4.78 is 28.7. The van der Waals surface area contributed by atoms with E-state index < -0.39 is 12.5 Å². The van der Waals surface area contributed by atoms with Crippen molar-refractivity contribution in [2.24, 2.45) is 5.73 Å². The number of primary amides is 1. The van der Waals surface area contributed by atoms with Crippen LogP contribution in [0.2, 0.25) is 0 Å². The molecule has 0 aliphatic rings. The van der Waals surface area contributed by atoms with Crippen LogP contribution in [0.5, 0.6) is 5.75 Å². The predicted molar refractivity (Wildman–Crippen MR) is 57.0 cm³/mol. The van der Waals surface area contributed by atoms with Crippen LogP contribution in [0.1, 0.15) is 10.4 Å². The molecule has 1 rings (SSSR count). The topological polar surface area (TPSA) is 52.3 Å². The van der Waals surface area contributed by atoms with Gasteiger partial charge in [0.05, 0.1) is 10.0 Å². The molecule has 7 heteroatoms. The van der Waals surface area contributed by atoms with Gasteiger partial charge in [-0.05, 0) is 28.1 Å². The van der Waals surface area contributed by atoms with E-state index in [0.717, 1.165) is 0 Å². The van der Waals surface area contributed by atoms with Crippen LogP contribution in [-0.2, 0) is 0 Å². The van der Waals surface area contributed by atoms with Gasteiger partial charge in [0.25, 0.3) is 0 Å². The summed E-state index contributed by atoms with van der Waals surface area (Å²) in [6, 6.07) is 2.72. The van der Waals surface area contributed by atoms with Crippen LogP contribution in [-0.4, -0.2) is 12.5 Å². The number of amides is 1. The Morgan fingerprint density at radius 1 is 1.40 bits per heavy atom. The second kappa shape index (κ2) is 4.89. The second-order valence-electron chi connectivity index (χ2n) is 2.51. The van der Waals surface area contributed by atoms with E-state index >= 15 is 0 Å². The van der Waals surface area contributed by atoms with Gasteiger partial charge in [-0.15, -0.1) is 0 Å². The van der Waals surface area contributed by atoms with Gasteiger partial charge in [-0.3, -0.25) is 4.79 Å². The molecule has 15 heavy (non-hydrogen) atoms. The zero-order valence-electron chi connectivity index (χ0n) is 7.14. The Morgan fingerprint density at radius 2 is 2.00 bits per heavy atom. The molecule has 0 atom stereocenters. The lowest BCUT2D eigenvalue weighted by Gasteiger charge is -2.09. The second-order valence-corrected chi connectivity index (χ2v) is 4.22. The van der Waals surface area contributed by atoms with Crippen molar-refractivity contribution in [1.82, 2.24) is 0 Å². The van der Waals surface area contributed by atoms with Gasteiger partial charge in [-0.25, -0.2) is 0 Å². The summed E-state index contributed by atoms with van der Waals surface area (Å²) >= 11 is 6.02. The van der Waals surface area contributed by atoms with E-state index in [0.29, 0.717) is 4.47 Å². The van der Waals surface area contributed by atoms with Crippen molar-refractivity contribution in [3.8, 4) is 5.75 Å². The minimum atomic E-state index is -2.96. The van der Waals surface area contributed by atoms with Gasteiger partial charge in [0, 0.05) is 4.47 Å².